The molecule has 1 amide bonds. The standard InChI is InChI=1S/C15H12ClNO3/c1-9(18)17-12-4-2-3-10(7-12)13-6-5-11(15(19)20)8-14(13)16/h2-8H,1H3,(H,17,18)(H,19,20). The van der Waals surface area contributed by atoms with E-state index >= 15 is 0 Å². The maximum Gasteiger partial charge on any atom is 0.335 e. The Balaban J connectivity index is 2.41. The summed E-state index contributed by atoms with van der Waals surface area (Å²) in [5, 5.41) is 11.9. The summed E-state index contributed by atoms with van der Waals surface area (Å²) in [4.78, 5) is 21.9. The summed E-state index contributed by atoms with van der Waals surface area (Å²) in [6.07, 6.45) is 0. The molecule has 2 aromatic rings. The van der Waals surface area contributed by atoms with Gasteiger partial charge in [0.25, 0.3) is 0 Å². The fourth-order valence-electron chi connectivity index (χ4n) is 1.85. The Morgan fingerprint density at radius 2 is 1.90 bits per heavy atom. The number of nitrogens with one attached hydrogen (secondary N) is 1. The number of carbonyl (C=O) groups is 2. The van der Waals surface area contributed by atoms with Gasteiger partial charge >= 0.3 is 5.97 Å². The van der Waals surface area contributed by atoms with Crippen molar-refractivity contribution in [3.8, 4) is 11.1 Å². The number of rotatable bonds is 3. The third-order valence-corrected chi connectivity index (χ3v) is 3.02. The van der Waals surface area contributed by atoms with Crippen molar-refractivity contribution < 1.29 is 14.7 Å². The third kappa shape index (κ3) is 3.16. The van der Waals surface area contributed by atoms with Gasteiger partial charge in [-0.1, -0.05) is 29.8 Å². The molecule has 0 heterocycles. The van der Waals surface area contributed by atoms with Gasteiger partial charge < -0.3 is 10.4 Å². The largest absolute Gasteiger partial charge is 0.478 e. The van der Waals surface area contributed by atoms with Gasteiger partial charge in [0.1, 0.15) is 0 Å². The van der Waals surface area contributed by atoms with E-state index in [1.54, 1.807) is 24.3 Å². The molecule has 0 aliphatic heterocycles. The summed E-state index contributed by atoms with van der Waals surface area (Å²) in [6.45, 7) is 1.43. The highest BCUT2D eigenvalue weighted by Gasteiger charge is 2.09. The van der Waals surface area contributed by atoms with E-state index in [0.29, 0.717) is 16.3 Å². The molecular weight excluding hydrogens is 278 g/mol. The number of anilines is 1. The second kappa shape index (κ2) is 5.75. The molecule has 2 rings (SSSR count). The highest BCUT2D eigenvalue weighted by molar-refractivity contribution is 6.33. The summed E-state index contributed by atoms with van der Waals surface area (Å²) in [5.74, 6) is -1.18. The Morgan fingerprint density at radius 3 is 2.50 bits per heavy atom. The zero-order valence-corrected chi connectivity index (χ0v) is 11.4. The molecule has 0 fully saturated rings. The quantitative estimate of drug-likeness (QED) is 0.906. The first kappa shape index (κ1) is 14.1. The first-order chi connectivity index (χ1) is 9.47. The molecule has 2 N–H and O–H groups in total. The van der Waals surface area contributed by atoms with Crippen LogP contribution in [0.4, 0.5) is 5.69 Å². The maximum atomic E-state index is 11.0. The highest BCUT2D eigenvalue weighted by Crippen LogP contribution is 2.30. The Labute approximate surface area is 121 Å². The van der Waals surface area contributed by atoms with Crippen LogP contribution in [0.2, 0.25) is 5.02 Å². The molecule has 102 valence electrons. The molecule has 0 aliphatic rings. The van der Waals surface area contributed by atoms with Crippen LogP contribution < -0.4 is 5.32 Å². The molecule has 0 aromatic heterocycles. The van der Waals surface area contributed by atoms with Crippen LogP contribution in [-0.4, -0.2) is 17.0 Å². The number of carboxylic acids is 1. The predicted molar refractivity (Wildman–Crippen MR) is 78.2 cm³/mol. The lowest BCUT2D eigenvalue weighted by Gasteiger charge is -2.08. The van der Waals surface area contributed by atoms with Crippen molar-refractivity contribution in [2.24, 2.45) is 0 Å². The summed E-state index contributed by atoms with van der Waals surface area (Å²) in [7, 11) is 0. The fraction of sp³-hybridized carbons (Fsp3) is 0.0667. The van der Waals surface area contributed by atoms with Crippen LogP contribution >= 0.6 is 11.6 Å². The van der Waals surface area contributed by atoms with Gasteiger partial charge in [-0.2, -0.15) is 0 Å². The smallest absolute Gasteiger partial charge is 0.335 e. The molecule has 0 spiro atoms. The minimum Gasteiger partial charge on any atom is -0.478 e. The summed E-state index contributed by atoms with van der Waals surface area (Å²) < 4.78 is 0. The monoisotopic (exact) mass is 289 g/mol. The number of amides is 1. The van der Waals surface area contributed by atoms with Crippen molar-refractivity contribution >= 4 is 29.2 Å². The molecule has 20 heavy (non-hydrogen) atoms. The number of hydrogen-bond donors (Lipinski definition) is 2. The highest BCUT2D eigenvalue weighted by atomic mass is 35.5. The topological polar surface area (TPSA) is 66.4 Å². The van der Waals surface area contributed by atoms with Crippen molar-refractivity contribution in [3.05, 3.63) is 53.1 Å². The number of aromatic carboxylic acids is 1. The maximum absolute atomic E-state index is 11.0. The van der Waals surface area contributed by atoms with Crippen molar-refractivity contribution in [1.29, 1.82) is 0 Å². The van der Waals surface area contributed by atoms with Crippen molar-refractivity contribution in [1.82, 2.24) is 0 Å². The van der Waals surface area contributed by atoms with Gasteiger partial charge in [0.2, 0.25) is 5.91 Å². The first-order valence-corrected chi connectivity index (χ1v) is 6.26. The van der Waals surface area contributed by atoms with Crippen molar-refractivity contribution in [2.45, 2.75) is 6.92 Å². The average Bonchev–Trinajstić information content (AvgIpc) is 2.38. The molecular formula is C15H12ClNO3. The van der Waals surface area contributed by atoms with Crippen LogP contribution in [0.1, 0.15) is 17.3 Å². The van der Waals surface area contributed by atoms with E-state index in [9.17, 15) is 9.59 Å². The molecule has 0 bridgehead atoms. The molecule has 0 aliphatic carbocycles. The van der Waals surface area contributed by atoms with Crippen LogP contribution in [0.25, 0.3) is 11.1 Å². The number of hydrogen-bond acceptors (Lipinski definition) is 2. The molecule has 4 nitrogen and oxygen atoms in total. The molecule has 0 saturated carbocycles. The van der Waals surface area contributed by atoms with Gasteiger partial charge in [0.15, 0.2) is 0 Å². The van der Waals surface area contributed by atoms with Crippen LogP contribution in [0, 0.1) is 0 Å². The lowest BCUT2D eigenvalue weighted by Crippen LogP contribution is -2.05. The van der Waals surface area contributed by atoms with E-state index in [1.807, 2.05) is 6.07 Å². The molecule has 0 atom stereocenters. The number of halogens is 1. The molecule has 0 saturated heterocycles. The van der Waals surface area contributed by atoms with Gasteiger partial charge in [-0.05, 0) is 29.8 Å². The predicted octanol–water partition coefficient (Wildman–Crippen LogP) is 3.66. The zero-order valence-electron chi connectivity index (χ0n) is 10.7. The van der Waals surface area contributed by atoms with Gasteiger partial charge in [-0.25, -0.2) is 4.79 Å². The number of benzene rings is 2. The van der Waals surface area contributed by atoms with E-state index in [1.165, 1.54) is 19.1 Å². The van der Waals surface area contributed by atoms with E-state index < -0.39 is 5.97 Å². The third-order valence-electron chi connectivity index (χ3n) is 2.71. The Kier molecular flexibility index (Phi) is 4.05. The lowest BCUT2D eigenvalue weighted by molar-refractivity contribution is -0.114. The van der Waals surface area contributed by atoms with Crippen molar-refractivity contribution in [2.75, 3.05) is 5.32 Å². The molecule has 5 heteroatoms. The van der Waals surface area contributed by atoms with E-state index in [4.69, 9.17) is 16.7 Å². The van der Waals surface area contributed by atoms with Crippen LogP contribution in [-0.2, 0) is 4.79 Å². The number of carboxylic acid groups (broad SMARTS) is 1. The molecule has 0 radical (unpaired) electrons. The molecule has 0 unspecified atom stereocenters. The van der Waals surface area contributed by atoms with Crippen LogP contribution in [0.15, 0.2) is 42.5 Å². The minimum atomic E-state index is -1.02. The van der Waals surface area contributed by atoms with E-state index in [-0.39, 0.29) is 11.5 Å². The van der Waals surface area contributed by atoms with Crippen molar-refractivity contribution in [3.63, 3.8) is 0 Å². The second-order valence-corrected chi connectivity index (χ2v) is 4.67. The summed E-state index contributed by atoms with van der Waals surface area (Å²) >= 11 is 6.12. The van der Waals surface area contributed by atoms with Gasteiger partial charge in [0.05, 0.1) is 5.56 Å². The van der Waals surface area contributed by atoms with Gasteiger partial charge in [-0.15, -0.1) is 0 Å². The Hall–Kier alpha value is -2.33. The van der Waals surface area contributed by atoms with E-state index in [0.717, 1.165) is 5.56 Å². The minimum absolute atomic E-state index is 0.136. The van der Waals surface area contributed by atoms with Crippen LogP contribution in [0.5, 0.6) is 0 Å². The SMILES string of the molecule is CC(=O)Nc1cccc(-c2ccc(C(=O)O)cc2Cl)c1. The summed E-state index contributed by atoms with van der Waals surface area (Å²) in [5.41, 5.74) is 2.31. The summed E-state index contributed by atoms with van der Waals surface area (Å²) in [6, 6.07) is 11.7. The second-order valence-electron chi connectivity index (χ2n) is 4.26. The Bertz CT molecular complexity index is 683. The zero-order chi connectivity index (χ0) is 14.7. The van der Waals surface area contributed by atoms with E-state index in [2.05, 4.69) is 5.32 Å². The lowest BCUT2D eigenvalue weighted by atomic mass is 10.0. The van der Waals surface area contributed by atoms with Gasteiger partial charge in [-0.3, -0.25) is 4.79 Å². The van der Waals surface area contributed by atoms with Crippen LogP contribution in [0.3, 0.4) is 0 Å². The first-order valence-electron chi connectivity index (χ1n) is 5.88. The van der Waals surface area contributed by atoms with Gasteiger partial charge in [0, 0.05) is 23.2 Å². The fourth-order valence-corrected chi connectivity index (χ4v) is 2.14. The normalized spacial score (nSPS) is 10.1. The molecule has 2 aromatic carbocycles. The Morgan fingerprint density at radius 1 is 1.15 bits per heavy atom. The average molecular weight is 290 g/mol. The number of carbonyl (C=O) groups excluding carboxylic acids is 1.